The zero-order valence-corrected chi connectivity index (χ0v) is 10.2. The fourth-order valence-electron chi connectivity index (χ4n) is 2.32. The van der Waals surface area contributed by atoms with Gasteiger partial charge in [0.25, 0.3) is 0 Å². The summed E-state index contributed by atoms with van der Waals surface area (Å²) in [5.74, 6) is -0.0124. The monoisotopic (exact) mass is 236 g/mol. The summed E-state index contributed by atoms with van der Waals surface area (Å²) in [5.41, 5.74) is 6.74. The third-order valence-corrected chi connectivity index (χ3v) is 3.38. The molecular weight excluding hydrogens is 216 g/mol. The van der Waals surface area contributed by atoms with E-state index in [1.54, 1.807) is 10.9 Å². The van der Waals surface area contributed by atoms with Gasteiger partial charge in [0.15, 0.2) is 0 Å². The van der Waals surface area contributed by atoms with E-state index in [1.165, 1.54) is 0 Å². The summed E-state index contributed by atoms with van der Waals surface area (Å²) in [4.78, 5) is 12.0. The van der Waals surface area contributed by atoms with E-state index in [2.05, 4.69) is 10.4 Å². The van der Waals surface area contributed by atoms with Crippen molar-refractivity contribution in [2.24, 2.45) is 11.7 Å². The lowest BCUT2D eigenvalue weighted by atomic mass is 9.84. The Balaban J connectivity index is 1.95. The largest absolute Gasteiger partial charge is 0.327 e. The minimum atomic E-state index is -0.0475. The molecule has 3 N–H and O–H groups in total. The third-order valence-electron chi connectivity index (χ3n) is 3.38. The molecule has 2 atom stereocenters. The van der Waals surface area contributed by atoms with Gasteiger partial charge < -0.3 is 11.1 Å². The van der Waals surface area contributed by atoms with Gasteiger partial charge >= 0.3 is 0 Å². The van der Waals surface area contributed by atoms with E-state index in [-0.39, 0.29) is 17.9 Å². The number of nitrogens with two attached hydrogens (primary N) is 1. The number of rotatable bonds is 3. The third kappa shape index (κ3) is 2.85. The van der Waals surface area contributed by atoms with Crippen LogP contribution >= 0.6 is 0 Å². The molecule has 1 aromatic rings. The van der Waals surface area contributed by atoms with Crippen LogP contribution < -0.4 is 11.1 Å². The highest BCUT2D eigenvalue weighted by Gasteiger charge is 2.28. The number of anilines is 1. The molecule has 1 aromatic heterocycles. The molecule has 1 saturated carbocycles. The van der Waals surface area contributed by atoms with Gasteiger partial charge in [-0.15, -0.1) is 0 Å². The van der Waals surface area contributed by atoms with Crippen LogP contribution in [-0.2, 0) is 11.3 Å². The second kappa shape index (κ2) is 5.31. The van der Waals surface area contributed by atoms with E-state index < -0.39 is 0 Å². The van der Waals surface area contributed by atoms with Gasteiger partial charge in [0.05, 0.1) is 17.8 Å². The van der Waals surface area contributed by atoms with Crippen molar-refractivity contribution in [2.45, 2.75) is 45.2 Å². The Morgan fingerprint density at radius 1 is 1.59 bits per heavy atom. The smallest absolute Gasteiger partial charge is 0.229 e. The van der Waals surface area contributed by atoms with E-state index in [0.717, 1.165) is 37.9 Å². The number of aromatic nitrogens is 2. The van der Waals surface area contributed by atoms with Crippen molar-refractivity contribution in [1.29, 1.82) is 0 Å². The SMILES string of the molecule is CCn1cc(NC(=O)C2CCCCC2N)cn1. The van der Waals surface area contributed by atoms with Crippen molar-refractivity contribution in [2.75, 3.05) is 5.32 Å². The molecular formula is C12H20N4O. The molecule has 1 aliphatic carbocycles. The van der Waals surface area contributed by atoms with E-state index in [4.69, 9.17) is 5.73 Å². The zero-order valence-electron chi connectivity index (χ0n) is 10.2. The van der Waals surface area contributed by atoms with Gasteiger partial charge in [-0.05, 0) is 19.8 Å². The molecule has 1 fully saturated rings. The van der Waals surface area contributed by atoms with Crippen molar-refractivity contribution in [3.8, 4) is 0 Å². The molecule has 0 bridgehead atoms. The number of carbonyl (C=O) groups excluding carboxylic acids is 1. The van der Waals surface area contributed by atoms with Crippen LogP contribution in [0.1, 0.15) is 32.6 Å². The highest BCUT2D eigenvalue weighted by Crippen LogP contribution is 2.24. The van der Waals surface area contributed by atoms with E-state index >= 15 is 0 Å². The van der Waals surface area contributed by atoms with Gasteiger partial charge in [-0.2, -0.15) is 5.10 Å². The summed E-state index contributed by atoms with van der Waals surface area (Å²) in [6.07, 6.45) is 7.60. The van der Waals surface area contributed by atoms with Crippen LogP contribution in [0, 0.1) is 5.92 Å². The van der Waals surface area contributed by atoms with Gasteiger partial charge in [0, 0.05) is 18.8 Å². The summed E-state index contributed by atoms with van der Waals surface area (Å²) in [6, 6.07) is 0.00460. The first kappa shape index (κ1) is 12.1. The fourth-order valence-corrected chi connectivity index (χ4v) is 2.32. The van der Waals surface area contributed by atoms with Gasteiger partial charge in [0.1, 0.15) is 0 Å². The molecule has 2 unspecified atom stereocenters. The number of hydrogen-bond donors (Lipinski definition) is 2. The standard InChI is InChI=1S/C12H20N4O/c1-2-16-8-9(7-14-16)15-12(17)10-5-3-4-6-11(10)13/h7-8,10-11H,2-6,13H2,1H3,(H,15,17). The maximum Gasteiger partial charge on any atom is 0.229 e. The Kier molecular flexibility index (Phi) is 3.78. The van der Waals surface area contributed by atoms with E-state index in [1.807, 2.05) is 13.1 Å². The molecule has 0 aliphatic heterocycles. The normalized spacial score (nSPS) is 24.6. The molecule has 0 saturated heterocycles. The summed E-state index contributed by atoms with van der Waals surface area (Å²) in [6.45, 7) is 2.81. The van der Waals surface area contributed by atoms with Crippen LogP contribution in [0.2, 0.25) is 0 Å². The van der Waals surface area contributed by atoms with Gasteiger partial charge in [-0.3, -0.25) is 9.48 Å². The van der Waals surface area contributed by atoms with Crippen molar-refractivity contribution < 1.29 is 4.79 Å². The van der Waals surface area contributed by atoms with Gasteiger partial charge in [-0.1, -0.05) is 12.8 Å². The van der Waals surface area contributed by atoms with Crippen LogP contribution in [0.25, 0.3) is 0 Å². The lowest BCUT2D eigenvalue weighted by molar-refractivity contribution is -0.121. The molecule has 0 radical (unpaired) electrons. The van der Waals surface area contributed by atoms with Crippen molar-refractivity contribution in [3.63, 3.8) is 0 Å². The predicted octanol–water partition coefficient (Wildman–Crippen LogP) is 1.36. The van der Waals surface area contributed by atoms with Crippen molar-refractivity contribution >= 4 is 11.6 Å². The van der Waals surface area contributed by atoms with E-state index in [0.29, 0.717) is 0 Å². The summed E-state index contributed by atoms with van der Waals surface area (Å²) < 4.78 is 1.79. The summed E-state index contributed by atoms with van der Waals surface area (Å²) in [5, 5.41) is 7.02. The van der Waals surface area contributed by atoms with Crippen molar-refractivity contribution in [1.82, 2.24) is 9.78 Å². The first-order valence-electron chi connectivity index (χ1n) is 6.29. The minimum Gasteiger partial charge on any atom is -0.327 e. The molecule has 0 aromatic carbocycles. The first-order valence-corrected chi connectivity index (χ1v) is 6.29. The minimum absolute atomic E-state index is 0.00460. The Hall–Kier alpha value is -1.36. The highest BCUT2D eigenvalue weighted by molar-refractivity contribution is 5.92. The molecule has 0 spiro atoms. The lowest BCUT2D eigenvalue weighted by Gasteiger charge is -2.27. The molecule has 5 nitrogen and oxygen atoms in total. The maximum absolute atomic E-state index is 12.0. The average Bonchev–Trinajstić information content (AvgIpc) is 2.77. The number of amides is 1. The molecule has 94 valence electrons. The Morgan fingerprint density at radius 2 is 2.35 bits per heavy atom. The average molecular weight is 236 g/mol. The predicted molar refractivity (Wildman–Crippen MR) is 66.5 cm³/mol. The number of nitrogens with one attached hydrogen (secondary N) is 1. The number of aryl methyl sites for hydroxylation is 1. The molecule has 1 aliphatic rings. The summed E-state index contributed by atoms with van der Waals surface area (Å²) in [7, 11) is 0. The second-order valence-corrected chi connectivity index (χ2v) is 4.63. The van der Waals surface area contributed by atoms with Gasteiger partial charge in [-0.25, -0.2) is 0 Å². The molecule has 2 rings (SSSR count). The van der Waals surface area contributed by atoms with Gasteiger partial charge in [0.2, 0.25) is 5.91 Å². The summed E-state index contributed by atoms with van der Waals surface area (Å²) >= 11 is 0. The lowest BCUT2D eigenvalue weighted by Crippen LogP contribution is -2.40. The van der Waals surface area contributed by atoms with Crippen LogP contribution in [0.5, 0.6) is 0 Å². The number of carbonyl (C=O) groups is 1. The second-order valence-electron chi connectivity index (χ2n) is 4.63. The first-order chi connectivity index (χ1) is 8.20. The Labute approximate surface area is 101 Å². The highest BCUT2D eigenvalue weighted by atomic mass is 16.1. The molecule has 1 heterocycles. The van der Waals surface area contributed by atoms with Crippen LogP contribution in [0.4, 0.5) is 5.69 Å². The zero-order chi connectivity index (χ0) is 12.3. The Bertz CT molecular complexity index is 388. The van der Waals surface area contributed by atoms with Crippen LogP contribution in [-0.4, -0.2) is 21.7 Å². The van der Waals surface area contributed by atoms with Crippen molar-refractivity contribution in [3.05, 3.63) is 12.4 Å². The Morgan fingerprint density at radius 3 is 3.00 bits per heavy atom. The molecule has 17 heavy (non-hydrogen) atoms. The van der Waals surface area contributed by atoms with Crippen LogP contribution in [0.15, 0.2) is 12.4 Å². The quantitative estimate of drug-likeness (QED) is 0.832. The topological polar surface area (TPSA) is 72.9 Å². The number of nitrogens with zero attached hydrogens (tertiary/aromatic N) is 2. The fraction of sp³-hybridized carbons (Fsp3) is 0.667. The maximum atomic E-state index is 12.0. The van der Waals surface area contributed by atoms with E-state index in [9.17, 15) is 4.79 Å². The van der Waals surface area contributed by atoms with Crippen LogP contribution in [0.3, 0.4) is 0 Å². The molecule has 1 amide bonds. The molecule has 5 heteroatoms. The number of hydrogen-bond acceptors (Lipinski definition) is 3.